The average molecular weight is 205 g/mol. The van der Waals surface area contributed by atoms with E-state index in [4.69, 9.17) is 0 Å². The van der Waals surface area contributed by atoms with Crippen LogP contribution in [0.3, 0.4) is 0 Å². The lowest BCUT2D eigenvalue weighted by Crippen LogP contribution is -2.22. The molecule has 1 heterocycles. The number of nitrogens with one attached hydrogen (secondary N) is 1. The van der Waals surface area contributed by atoms with E-state index in [2.05, 4.69) is 22.1 Å². The van der Waals surface area contributed by atoms with E-state index in [0.717, 1.165) is 5.69 Å². The van der Waals surface area contributed by atoms with E-state index in [-0.39, 0.29) is 5.91 Å². The number of nitrogens with zero attached hydrogens (tertiary/aromatic N) is 2. The van der Waals surface area contributed by atoms with Gasteiger partial charge < -0.3 is 9.88 Å². The van der Waals surface area contributed by atoms with Gasteiger partial charge in [0.25, 0.3) is 0 Å². The van der Waals surface area contributed by atoms with Gasteiger partial charge in [0.05, 0.1) is 19.4 Å². The molecule has 0 aliphatic carbocycles. The highest BCUT2D eigenvalue weighted by Gasteiger charge is 1.92. The smallest absolute Gasteiger partial charge is 0.220 e. The quantitative estimate of drug-likeness (QED) is 0.739. The molecule has 1 aromatic heterocycles. The molecule has 0 aliphatic heterocycles. The van der Waals surface area contributed by atoms with Gasteiger partial charge in [-0.2, -0.15) is 0 Å². The Morgan fingerprint density at radius 3 is 3.00 bits per heavy atom. The monoisotopic (exact) mass is 205 g/mol. The first kappa shape index (κ1) is 11.3. The van der Waals surface area contributed by atoms with Crippen LogP contribution in [-0.4, -0.2) is 22.0 Å². The van der Waals surface area contributed by atoms with Crippen LogP contribution in [0, 0.1) is 18.8 Å². The van der Waals surface area contributed by atoms with Crippen LogP contribution in [-0.2, 0) is 11.3 Å². The number of rotatable bonds is 3. The van der Waals surface area contributed by atoms with Gasteiger partial charge in [-0.1, -0.05) is 18.8 Å². The number of amides is 1. The molecule has 15 heavy (non-hydrogen) atoms. The molecular formula is C11H15N3O. The Bertz CT molecular complexity index is 384. The molecule has 0 atom stereocenters. The molecule has 0 aliphatic rings. The Morgan fingerprint density at radius 1 is 1.60 bits per heavy atom. The SMILES string of the molecule is CCC(=O)NCC#CCn1cncc1C. The molecule has 4 heteroatoms. The number of imidazole rings is 1. The highest BCUT2D eigenvalue weighted by molar-refractivity contribution is 5.75. The summed E-state index contributed by atoms with van der Waals surface area (Å²) in [6.07, 6.45) is 4.04. The van der Waals surface area contributed by atoms with Crippen molar-refractivity contribution in [3.05, 3.63) is 18.2 Å². The predicted molar refractivity (Wildman–Crippen MR) is 58.0 cm³/mol. The summed E-state index contributed by atoms with van der Waals surface area (Å²) in [5, 5.41) is 2.69. The molecule has 0 radical (unpaired) electrons. The first-order valence-electron chi connectivity index (χ1n) is 4.93. The van der Waals surface area contributed by atoms with Gasteiger partial charge in [0.1, 0.15) is 0 Å². The third-order valence-electron chi connectivity index (χ3n) is 1.99. The second kappa shape index (κ2) is 5.86. The van der Waals surface area contributed by atoms with Crippen LogP contribution in [0.4, 0.5) is 0 Å². The summed E-state index contributed by atoms with van der Waals surface area (Å²) in [5.74, 6) is 5.88. The fourth-order valence-corrected chi connectivity index (χ4v) is 1.02. The fraction of sp³-hybridized carbons (Fsp3) is 0.455. The van der Waals surface area contributed by atoms with Gasteiger partial charge in [0, 0.05) is 18.3 Å². The van der Waals surface area contributed by atoms with Gasteiger partial charge in [0.2, 0.25) is 5.91 Å². The van der Waals surface area contributed by atoms with E-state index in [9.17, 15) is 4.79 Å². The third kappa shape index (κ3) is 3.86. The molecule has 1 aromatic rings. The summed E-state index contributed by atoms with van der Waals surface area (Å²) in [5.41, 5.74) is 1.09. The molecule has 0 spiro atoms. The van der Waals surface area contributed by atoms with Crippen LogP contribution in [0.15, 0.2) is 12.5 Å². The number of carbonyl (C=O) groups excluding carboxylic acids is 1. The van der Waals surface area contributed by atoms with Crippen molar-refractivity contribution in [1.82, 2.24) is 14.9 Å². The van der Waals surface area contributed by atoms with Gasteiger partial charge in [-0.05, 0) is 6.92 Å². The Hall–Kier alpha value is -1.76. The first-order valence-corrected chi connectivity index (χ1v) is 4.93. The molecule has 0 aromatic carbocycles. The Morgan fingerprint density at radius 2 is 2.40 bits per heavy atom. The lowest BCUT2D eigenvalue weighted by molar-refractivity contribution is -0.120. The zero-order valence-electron chi connectivity index (χ0n) is 9.08. The minimum absolute atomic E-state index is 0.0307. The summed E-state index contributed by atoms with van der Waals surface area (Å²) in [7, 11) is 0. The zero-order chi connectivity index (χ0) is 11.1. The summed E-state index contributed by atoms with van der Waals surface area (Å²) in [6, 6.07) is 0. The molecule has 1 rings (SSSR count). The van der Waals surface area contributed by atoms with E-state index in [1.807, 2.05) is 18.4 Å². The highest BCUT2D eigenvalue weighted by Crippen LogP contribution is 1.94. The largest absolute Gasteiger partial charge is 0.345 e. The van der Waals surface area contributed by atoms with Crippen molar-refractivity contribution in [3.63, 3.8) is 0 Å². The van der Waals surface area contributed by atoms with Crippen molar-refractivity contribution >= 4 is 5.91 Å². The first-order chi connectivity index (χ1) is 7.24. The predicted octanol–water partition coefficient (Wildman–Crippen LogP) is 0.721. The molecule has 0 fully saturated rings. The lowest BCUT2D eigenvalue weighted by atomic mass is 10.4. The normalized spacial score (nSPS) is 9.20. The van der Waals surface area contributed by atoms with Gasteiger partial charge in [0.15, 0.2) is 0 Å². The van der Waals surface area contributed by atoms with Gasteiger partial charge in [-0.3, -0.25) is 4.79 Å². The summed E-state index contributed by atoms with van der Waals surface area (Å²) < 4.78 is 1.95. The molecule has 1 amide bonds. The minimum Gasteiger partial charge on any atom is -0.345 e. The topological polar surface area (TPSA) is 46.9 Å². The maximum absolute atomic E-state index is 10.9. The molecule has 0 bridgehead atoms. The van der Waals surface area contributed by atoms with Crippen molar-refractivity contribution in [2.24, 2.45) is 0 Å². The molecule has 0 unspecified atom stereocenters. The van der Waals surface area contributed by atoms with E-state index in [1.165, 1.54) is 0 Å². The summed E-state index contributed by atoms with van der Waals surface area (Å²) in [4.78, 5) is 14.9. The van der Waals surface area contributed by atoms with E-state index >= 15 is 0 Å². The van der Waals surface area contributed by atoms with Crippen molar-refractivity contribution in [1.29, 1.82) is 0 Å². The van der Waals surface area contributed by atoms with Crippen molar-refractivity contribution < 1.29 is 4.79 Å². The molecule has 0 saturated heterocycles. The maximum atomic E-state index is 10.9. The zero-order valence-corrected chi connectivity index (χ0v) is 9.08. The highest BCUT2D eigenvalue weighted by atomic mass is 16.1. The number of aryl methyl sites for hydroxylation is 1. The van der Waals surface area contributed by atoms with E-state index in [1.54, 1.807) is 12.5 Å². The van der Waals surface area contributed by atoms with Crippen molar-refractivity contribution in [2.45, 2.75) is 26.8 Å². The fourth-order valence-electron chi connectivity index (χ4n) is 1.02. The lowest BCUT2D eigenvalue weighted by Gasteiger charge is -1.97. The number of carbonyl (C=O) groups is 1. The van der Waals surface area contributed by atoms with E-state index in [0.29, 0.717) is 19.5 Å². The summed E-state index contributed by atoms with van der Waals surface area (Å²) >= 11 is 0. The van der Waals surface area contributed by atoms with Crippen LogP contribution in [0.5, 0.6) is 0 Å². The molecule has 4 nitrogen and oxygen atoms in total. The second-order valence-corrected chi connectivity index (χ2v) is 3.15. The standard InChI is InChI=1S/C11H15N3O/c1-3-11(15)13-6-4-5-7-14-9-12-8-10(14)2/h8-9H,3,6-7H2,1-2H3,(H,13,15). The number of aromatic nitrogens is 2. The second-order valence-electron chi connectivity index (χ2n) is 3.15. The van der Waals surface area contributed by atoms with Crippen LogP contribution >= 0.6 is 0 Å². The number of hydrogen-bond acceptors (Lipinski definition) is 2. The van der Waals surface area contributed by atoms with Crippen LogP contribution in [0.25, 0.3) is 0 Å². The van der Waals surface area contributed by atoms with Crippen LogP contribution < -0.4 is 5.32 Å². The Kier molecular flexibility index (Phi) is 4.42. The Labute approximate surface area is 89.7 Å². The van der Waals surface area contributed by atoms with Crippen molar-refractivity contribution in [3.8, 4) is 11.8 Å². The maximum Gasteiger partial charge on any atom is 0.220 e. The van der Waals surface area contributed by atoms with Crippen LogP contribution in [0.2, 0.25) is 0 Å². The van der Waals surface area contributed by atoms with Crippen LogP contribution in [0.1, 0.15) is 19.0 Å². The van der Waals surface area contributed by atoms with Crippen molar-refractivity contribution in [2.75, 3.05) is 6.54 Å². The van der Waals surface area contributed by atoms with Gasteiger partial charge in [-0.25, -0.2) is 4.98 Å². The molecule has 0 saturated carbocycles. The van der Waals surface area contributed by atoms with Gasteiger partial charge >= 0.3 is 0 Å². The summed E-state index contributed by atoms with van der Waals surface area (Å²) in [6.45, 7) is 4.83. The molecule has 1 N–H and O–H groups in total. The van der Waals surface area contributed by atoms with E-state index < -0.39 is 0 Å². The Balaban J connectivity index is 2.29. The number of hydrogen-bond donors (Lipinski definition) is 1. The third-order valence-corrected chi connectivity index (χ3v) is 1.99. The minimum atomic E-state index is 0.0307. The average Bonchev–Trinajstić information content (AvgIpc) is 2.63. The molecule has 80 valence electrons. The van der Waals surface area contributed by atoms with Gasteiger partial charge in [-0.15, -0.1) is 0 Å². The molecular weight excluding hydrogens is 190 g/mol.